The van der Waals surface area contributed by atoms with E-state index in [2.05, 4.69) is 10.3 Å². The van der Waals surface area contributed by atoms with E-state index >= 15 is 0 Å². The van der Waals surface area contributed by atoms with Gasteiger partial charge in [0.05, 0.1) is 5.69 Å². The molecule has 2 aromatic rings. The minimum Gasteiger partial charge on any atom is -0.370 e. The molecule has 7 heteroatoms. The van der Waals surface area contributed by atoms with Crippen LogP contribution >= 0.6 is 0 Å². The number of aromatic nitrogens is 1. The molecule has 21 heavy (non-hydrogen) atoms. The lowest BCUT2D eigenvalue weighted by Gasteiger charge is -2.19. The van der Waals surface area contributed by atoms with Gasteiger partial charge in [0.25, 0.3) is 10.0 Å². The molecule has 0 unspecified atom stereocenters. The normalized spacial score (nSPS) is 11.2. The predicted octanol–water partition coefficient (Wildman–Crippen LogP) is 2.48. The van der Waals surface area contributed by atoms with E-state index in [1.807, 2.05) is 6.92 Å². The van der Waals surface area contributed by atoms with Crippen molar-refractivity contribution in [2.24, 2.45) is 0 Å². The molecule has 0 saturated heterocycles. The molecule has 1 aromatic heterocycles. The van der Waals surface area contributed by atoms with Crippen LogP contribution in [-0.4, -0.2) is 27.0 Å². The molecule has 0 aliphatic carbocycles. The Hall–Kier alpha value is -2.15. The van der Waals surface area contributed by atoms with Crippen molar-refractivity contribution >= 4 is 21.5 Å². The first-order chi connectivity index (χ1) is 9.96. The third kappa shape index (κ3) is 3.13. The number of benzene rings is 1. The van der Waals surface area contributed by atoms with E-state index < -0.39 is 15.8 Å². The van der Waals surface area contributed by atoms with E-state index in [9.17, 15) is 12.8 Å². The zero-order valence-electron chi connectivity index (χ0n) is 11.7. The highest BCUT2D eigenvalue weighted by Crippen LogP contribution is 2.24. The predicted molar refractivity (Wildman–Crippen MR) is 80.4 cm³/mol. The van der Waals surface area contributed by atoms with Crippen LogP contribution in [0.5, 0.6) is 0 Å². The Morgan fingerprint density at radius 2 is 1.95 bits per heavy atom. The van der Waals surface area contributed by atoms with Gasteiger partial charge in [0.2, 0.25) is 0 Å². The number of halogens is 1. The lowest BCUT2D eigenvalue weighted by atomic mass is 10.3. The molecule has 1 N–H and O–H groups in total. The minimum atomic E-state index is -3.84. The zero-order chi connectivity index (χ0) is 15.5. The monoisotopic (exact) mass is 309 g/mol. The van der Waals surface area contributed by atoms with Gasteiger partial charge in [-0.3, -0.25) is 4.31 Å². The van der Waals surface area contributed by atoms with Crippen molar-refractivity contribution in [2.45, 2.75) is 11.8 Å². The number of anilines is 2. The van der Waals surface area contributed by atoms with Gasteiger partial charge in [-0.2, -0.15) is 0 Å². The standard InChI is InChI=1S/C14H16FN3O2S/c1-3-16-14-9-8-11(10-17-14)21(19,20)18(2)13-7-5-4-6-12(13)15/h4-10H,3H2,1-2H3,(H,16,17). The topological polar surface area (TPSA) is 62.3 Å². The van der Waals surface area contributed by atoms with Crippen molar-refractivity contribution in [3.63, 3.8) is 0 Å². The summed E-state index contributed by atoms with van der Waals surface area (Å²) in [4.78, 5) is 4.03. The van der Waals surface area contributed by atoms with Crippen molar-refractivity contribution in [1.29, 1.82) is 0 Å². The highest BCUT2D eigenvalue weighted by atomic mass is 32.2. The molecular weight excluding hydrogens is 293 g/mol. The van der Waals surface area contributed by atoms with Crippen molar-refractivity contribution in [2.75, 3.05) is 23.2 Å². The summed E-state index contributed by atoms with van der Waals surface area (Å²) < 4.78 is 39.5. The molecule has 5 nitrogen and oxygen atoms in total. The molecule has 0 saturated carbocycles. The van der Waals surface area contributed by atoms with Gasteiger partial charge in [0.1, 0.15) is 16.5 Å². The highest BCUT2D eigenvalue weighted by Gasteiger charge is 2.23. The molecule has 0 atom stereocenters. The SMILES string of the molecule is CCNc1ccc(S(=O)(=O)N(C)c2ccccc2F)cn1. The Labute approximate surface area is 123 Å². The molecule has 0 spiro atoms. The first-order valence-electron chi connectivity index (χ1n) is 6.40. The molecule has 2 rings (SSSR count). The van der Waals surface area contributed by atoms with Crippen molar-refractivity contribution in [1.82, 2.24) is 4.98 Å². The van der Waals surface area contributed by atoms with Crippen LogP contribution in [0.2, 0.25) is 0 Å². The molecule has 0 radical (unpaired) electrons. The summed E-state index contributed by atoms with van der Waals surface area (Å²) in [5.74, 6) is -0.00852. The van der Waals surface area contributed by atoms with E-state index in [1.165, 1.54) is 37.5 Å². The summed E-state index contributed by atoms with van der Waals surface area (Å²) in [7, 11) is -2.53. The van der Waals surface area contributed by atoms with Crippen LogP contribution in [0.1, 0.15) is 6.92 Å². The maximum Gasteiger partial charge on any atom is 0.265 e. The number of hydrogen-bond acceptors (Lipinski definition) is 4. The second-order valence-corrected chi connectivity index (χ2v) is 6.30. The maximum absolute atomic E-state index is 13.7. The van der Waals surface area contributed by atoms with Crippen LogP contribution in [0.25, 0.3) is 0 Å². The van der Waals surface area contributed by atoms with Crippen LogP contribution in [0.3, 0.4) is 0 Å². The van der Waals surface area contributed by atoms with Crippen LogP contribution in [-0.2, 0) is 10.0 Å². The minimum absolute atomic E-state index is 0.00624. The van der Waals surface area contributed by atoms with Gasteiger partial charge in [-0.25, -0.2) is 17.8 Å². The molecule has 1 heterocycles. The van der Waals surface area contributed by atoms with Gasteiger partial charge < -0.3 is 5.32 Å². The van der Waals surface area contributed by atoms with E-state index in [4.69, 9.17) is 0 Å². The number of nitrogens with one attached hydrogen (secondary N) is 1. The first-order valence-corrected chi connectivity index (χ1v) is 7.84. The van der Waals surface area contributed by atoms with Gasteiger partial charge in [-0.15, -0.1) is 0 Å². The van der Waals surface area contributed by atoms with Crippen molar-refractivity contribution in [3.05, 3.63) is 48.4 Å². The summed E-state index contributed by atoms with van der Waals surface area (Å²) in [6.45, 7) is 2.60. The average molecular weight is 309 g/mol. The Balaban J connectivity index is 2.35. The van der Waals surface area contributed by atoms with E-state index in [-0.39, 0.29) is 10.6 Å². The molecule has 0 fully saturated rings. The Kier molecular flexibility index (Phi) is 4.42. The van der Waals surface area contributed by atoms with Crippen LogP contribution < -0.4 is 9.62 Å². The highest BCUT2D eigenvalue weighted by molar-refractivity contribution is 7.92. The van der Waals surface area contributed by atoms with E-state index in [1.54, 1.807) is 12.1 Å². The summed E-state index contributed by atoms with van der Waals surface area (Å²) in [6.07, 6.45) is 1.25. The largest absolute Gasteiger partial charge is 0.370 e. The second kappa shape index (κ2) is 6.09. The first kappa shape index (κ1) is 15.2. The number of sulfonamides is 1. The number of hydrogen-bond donors (Lipinski definition) is 1. The fraction of sp³-hybridized carbons (Fsp3) is 0.214. The number of pyridine rings is 1. The molecule has 0 aliphatic rings. The molecule has 0 aliphatic heterocycles. The number of rotatable bonds is 5. The van der Waals surface area contributed by atoms with Gasteiger partial charge in [0.15, 0.2) is 0 Å². The van der Waals surface area contributed by atoms with Crippen LogP contribution in [0.15, 0.2) is 47.5 Å². The summed E-state index contributed by atoms with van der Waals surface area (Å²) in [5, 5.41) is 2.98. The number of para-hydroxylation sites is 1. The van der Waals surface area contributed by atoms with Gasteiger partial charge in [0, 0.05) is 19.8 Å². The van der Waals surface area contributed by atoms with E-state index in [0.29, 0.717) is 12.4 Å². The van der Waals surface area contributed by atoms with E-state index in [0.717, 1.165) is 4.31 Å². The molecule has 0 bridgehead atoms. The zero-order valence-corrected chi connectivity index (χ0v) is 12.6. The third-order valence-electron chi connectivity index (χ3n) is 2.94. The molecule has 1 aromatic carbocycles. The average Bonchev–Trinajstić information content (AvgIpc) is 2.48. The summed E-state index contributed by atoms with van der Waals surface area (Å²) in [6, 6.07) is 8.73. The fourth-order valence-electron chi connectivity index (χ4n) is 1.81. The Morgan fingerprint density at radius 3 is 2.52 bits per heavy atom. The molecule has 112 valence electrons. The lowest BCUT2D eigenvalue weighted by Crippen LogP contribution is -2.27. The van der Waals surface area contributed by atoms with Gasteiger partial charge in [-0.05, 0) is 31.2 Å². The number of nitrogens with zero attached hydrogens (tertiary/aromatic N) is 2. The van der Waals surface area contributed by atoms with Gasteiger partial charge in [-0.1, -0.05) is 12.1 Å². The maximum atomic E-state index is 13.7. The molecule has 0 amide bonds. The summed E-state index contributed by atoms with van der Waals surface area (Å²) >= 11 is 0. The Morgan fingerprint density at radius 1 is 1.24 bits per heavy atom. The Bertz CT molecular complexity index is 717. The molecular formula is C14H16FN3O2S. The smallest absolute Gasteiger partial charge is 0.265 e. The quantitative estimate of drug-likeness (QED) is 0.921. The van der Waals surface area contributed by atoms with Crippen molar-refractivity contribution < 1.29 is 12.8 Å². The van der Waals surface area contributed by atoms with Crippen molar-refractivity contribution in [3.8, 4) is 0 Å². The van der Waals surface area contributed by atoms with Gasteiger partial charge >= 0.3 is 0 Å². The second-order valence-electron chi connectivity index (χ2n) is 4.33. The fourth-order valence-corrected chi connectivity index (χ4v) is 2.96. The third-order valence-corrected chi connectivity index (χ3v) is 4.70. The van der Waals surface area contributed by atoms with Crippen LogP contribution in [0, 0.1) is 5.82 Å². The lowest BCUT2D eigenvalue weighted by molar-refractivity contribution is 0.589. The summed E-state index contributed by atoms with van der Waals surface area (Å²) in [5.41, 5.74) is -0.00624. The van der Waals surface area contributed by atoms with Crippen LogP contribution in [0.4, 0.5) is 15.9 Å².